The van der Waals surface area contributed by atoms with Gasteiger partial charge in [-0.05, 0) is 6.42 Å². The van der Waals surface area contributed by atoms with E-state index in [0.717, 1.165) is 72.2 Å². The van der Waals surface area contributed by atoms with E-state index in [0.29, 0.717) is 30.7 Å². The summed E-state index contributed by atoms with van der Waals surface area (Å²) < 4.78 is 2.94. The van der Waals surface area contributed by atoms with Crippen molar-refractivity contribution in [3.05, 3.63) is 0 Å². The minimum atomic E-state index is 0.0916. The lowest BCUT2D eigenvalue weighted by molar-refractivity contribution is -0.995. The largest absolute Gasteiger partial charge is 0.391 e. The van der Waals surface area contributed by atoms with Crippen molar-refractivity contribution in [2.45, 2.75) is 13.3 Å². The molecule has 0 heterocycles. The van der Waals surface area contributed by atoms with Gasteiger partial charge in [0.1, 0.15) is 72.0 Å². The fourth-order valence-corrected chi connectivity index (χ4v) is 4.54. The normalized spacial score (nSPS) is 18.2. The summed E-state index contributed by atoms with van der Waals surface area (Å²) in [6.45, 7) is 12.5. The third kappa shape index (κ3) is 12.2. The minimum Gasteiger partial charge on any atom is -0.391 e. The second-order valence-electron chi connectivity index (χ2n) is 10.8. The van der Waals surface area contributed by atoms with Gasteiger partial charge in [0, 0.05) is 0 Å². The number of aliphatic hydroxyl groups is 5. The zero-order valence-corrected chi connectivity index (χ0v) is 21.8. The average Bonchev–Trinajstić information content (AvgIpc) is 2.71. The van der Waals surface area contributed by atoms with Crippen molar-refractivity contribution in [3.8, 4) is 0 Å². The molecule has 0 spiro atoms. The lowest BCUT2D eigenvalue weighted by atomic mass is 10.2. The van der Waals surface area contributed by atoms with Crippen LogP contribution in [0.3, 0.4) is 0 Å². The Balaban J connectivity index is 5.24. The van der Waals surface area contributed by atoms with Gasteiger partial charge in [0.2, 0.25) is 0 Å². The van der Waals surface area contributed by atoms with Gasteiger partial charge >= 0.3 is 0 Å². The molecule has 0 aromatic carbocycles. The van der Waals surface area contributed by atoms with Crippen molar-refractivity contribution in [1.82, 2.24) is 0 Å². The van der Waals surface area contributed by atoms with Crippen molar-refractivity contribution in [1.29, 1.82) is 0 Å². The van der Waals surface area contributed by atoms with E-state index in [4.69, 9.17) is 0 Å². The molecule has 0 aromatic heterocycles. The van der Waals surface area contributed by atoms with Crippen LogP contribution in [0.4, 0.5) is 0 Å². The highest BCUT2D eigenvalue weighted by molar-refractivity contribution is 4.49. The zero-order chi connectivity index (χ0) is 24.7. The Labute approximate surface area is 197 Å². The van der Waals surface area contributed by atoms with E-state index in [1.54, 1.807) is 0 Å². The molecule has 32 heavy (non-hydrogen) atoms. The number of hydrogen-bond donors (Lipinski definition) is 5. The van der Waals surface area contributed by atoms with Gasteiger partial charge in [-0.25, -0.2) is 0 Å². The van der Waals surface area contributed by atoms with Crippen LogP contribution in [0.25, 0.3) is 0 Å². The molecule has 0 radical (unpaired) electrons. The molecule has 5 N–H and O–H groups in total. The van der Waals surface area contributed by atoms with Crippen molar-refractivity contribution in [3.63, 3.8) is 0 Å². The number of nitrogens with zero attached hydrogens (tertiary/aromatic N) is 4. The predicted molar refractivity (Wildman–Crippen MR) is 129 cm³/mol. The molecule has 3 atom stereocenters. The molecule has 0 aliphatic carbocycles. The number of hydrogen-bond acceptors (Lipinski definition) is 5. The Morgan fingerprint density at radius 2 is 0.531 bits per heavy atom. The molecule has 0 bridgehead atoms. The number of aliphatic hydroxyl groups excluding tert-OH is 5. The molecule has 194 valence electrons. The number of likely N-dealkylation sites (N-methyl/N-ethyl adjacent to an activating group) is 4. The first-order valence-corrected chi connectivity index (χ1v) is 12.4. The Morgan fingerprint density at radius 3 is 0.719 bits per heavy atom. The van der Waals surface area contributed by atoms with E-state index < -0.39 is 0 Å². The van der Waals surface area contributed by atoms with Gasteiger partial charge in [0.05, 0.1) is 67.8 Å². The first-order chi connectivity index (χ1) is 15.0. The molecule has 0 saturated heterocycles. The van der Waals surface area contributed by atoms with Crippen LogP contribution in [0, 0.1) is 0 Å². The second-order valence-corrected chi connectivity index (χ2v) is 10.8. The van der Waals surface area contributed by atoms with Gasteiger partial charge in [-0.3, -0.25) is 0 Å². The zero-order valence-electron chi connectivity index (χ0n) is 21.8. The van der Waals surface area contributed by atoms with Crippen LogP contribution in [-0.4, -0.2) is 183 Å². The Morgan fingerprint density at radius 1 is 0.344 bits per heavy atom. The molecule has 0 rings (SSSR count). The fourth-order valence-electron chi connectivity index (χ4n) is 4.54. The van der Waals surface area contributed by atoms with Crippen LogP contribution in [-0.2, 0) is 0 Å². The first-order valence-electron chi connectivity index (χ1n) is 12.4. The smallest absolute Gasteiger partial charge is 0.129 e. The van der Waals surface area contributed by atoms with Crippen molar-refractivity contribution >= 4 is 0 Å². The third-order valence-electron chi connectivity index (χ3n) is 7.50. The van der Waals surface area contributed by atoms with Crippen LogP contribution in [0.5, 0.6) is 0 Å². The Hall–Kier alpha value is -0.360. The van der Waals surface area contributed by atoms with Crippen LogP contribution in [0.15, 0.2) is 0 Å². The third-order valence-corrected chi connectivity index (χ3v) is 7.50. The molecular formula is C23H56N4O5+4. The summed E-state index contributed by atoms with van der Waals surface area (Å²) >= 11 is 0. The second kappa shape index (κ2) is 15.5. The van der Waals surface area contributed by atoms with Crippen LogP contribution >= 0.6 is 0 Å². The van der Waals surface area contributed by atoms with Gasteiger partial charge in [0.15, 0.2) is 0 Å². The predicted octanol–water partition coefficient (Wildman–Crippen LogP) is -1.86. The monoisotopic (exact) mass is 468 g/mol. The molecule has 9 nitrogen and oxygen atoms in total. The summed E-state index contributed by atoms with van der Waals surface area (Å²) in [4.78, 5) is 0. The number of rotatable bonds is 21. The quantitative estimate of drug-likeness (QED) is 0.127. The average molecular weight is 469 g/mol. The summed E-state index contributed by atoms with van der Waals surface area (Å²) in [5, 5.41) is 47.9. The van der Waals surface area contributed by atoms with Crippen LogP contribution < -0.4 is 0 Å². The standard InChI is InChI=1S/C23H56N4O5/c1-6-7-24(2,14-19-28)8-9-25(3,15-20-29)10-11-26(4,16-21-30)12-13-27(5,17-22-31)18-23-32/h28-32H,6-23H2,1-5H3/q+4. The molecule has 9 heteroatoms. The van der Waals surface area contributed by atoms with Crippen molar-refractivity contribution in [2.75, 3.05) is 140 Å². The summed E-state index contributed by atoms with van der Waals surface area (Å²) in [6.07, 6.45) is 1.07. The summed E-state index contributed by atoms with van der Waals surface area (Å²) in [6, 6.07) is 0. The molecule has 0 saturated carbocycles. The van der Waals surface area contributed by atoms with E-state index in [1.165, 1.54) is 0 Å². The number of quaternary nitrogens is 4. The molecule has 0 aliphatic heterocycles. The van der Waals surface area contributed by atoms with E-state index in [1.807, 2.05) is 0 Å². The SMILES string of the molecule is CCC[N+](C)(CCO)CC[N+](C)(CCO)CC[N+](C)(CCO)CC[N+](C)(CCO)CCO. The molecule has 0 aliphatic rings. The highest BCUT2D eigenvalue weighted by atomic mass is 16.3. The van der Waals surface area contributed by atoms with Gasteiger partial charge < -0.3 is 43.5 Å². The van der Waals surface area contributed by atoms with E-state index in [2.05, 4.69) is 35.1 Å². The minimum absolute atomic E-state index is 0.0916. The lowest BCUT2D eigenvalue weighted by Gasteiger charge is -2.43. The maximum atomic E-state index is 9.74. The van der Waals surface area contributed by atoms with Gasteiger partial charge in [-0.2, -0.15) is 0 Å². The lowest BCUT2D eigenvalue weighted by Crippen LogP contribution is -2.62. The molecular weight excluding hydrogens is 412 g/mol. The Kier molecular flexibility index (Phi) is 15.4. The van der Waals surface area contributed by atoms with Crippen molar-refractivity contribution < 1.29 is 43.5 Å². The summed E-state index contributed by atoms with van der Waals surface area (Å²) in [7, 11) is 8.64. The summed E-state index contributed by atoms with van der Waals surface area (Å²) in [5.74, 6) is 0. The highest BCUT2D eigenvalue weighted by Crippen LogP contribution is 2.13. The van der Waals surface area contributed by atoms with Gasteiger partial charge in [0.25, 0.3) is 0 Å². The molecule has 3 unspecified atom stereocenters. The Bertz CT molecular complexity index is 431. The van der Waals surface area contributed by atoms with Gasteiger partial charge in [-0.1, -0.05) is 6.92 Å². The van der Waals surface area contributed by atoms with E-state index in [9.17, 15) is 25.5 Å². The van der Waals surface area contributed by atoms with Crippen LogP contribution in [0.1, 0.15) is 13.3 Å². The fraction of sp³-hybridized carbons (Fsp3) is 1.00. The summed E-state index contributed by atoms with van der Waals surface area (Å²) in [5.41, 5.74) is 0. The first kappa shape index (κ1) is 31.6. The molecule has 0 aromatic rings. The topological polar surface area (TPSA) is 101 Å². The van der Waals surface area contributed by atoms with Crippen LogP contribution in [0.2, 0.25) is 0 Å². The maximum absolute atomic E-state index is 9.74. The van der Waals surface area contributed by atoms with Gasteiger partial charge in [-0.15, -0.1) is 0 Å². The molecule has 0 fully saturated rings. The maximum Gasteiger partial charge on any atom is 0.129 e. The highest BCUT2D eigenvalue weighted by Gasteiger charge is 2.33. The van der Waals surface area contributed by atoms with E-state index >= 15 is 0 Å². The van der Waals surface area contributed by atoms with Crippen molar-refractivity contribution in [2.24, 2.45) is 0 Å². The molecule has 0 amide bonds. The van der Waals surface area contributed by atoms with E-state index in [-0.39, 0.29) is 33.0 Å².